The maximum atomic E-state index is 12.7. The Bertz CT molecular complexity index is 1040. The lowest BCUT2D eigenvalue weighted by Crippen LogP contribution is -2.48. The smallest absolute Gasteiger partial charge is 0.407 e. The number of rotatable bonds is 7. The van der Waals surface area contributed by atoms with E-state index in [1.54, 1.807) is 0 Å². The molecule has 2 aromatic rings. The predicted octanol–water partition coefficient (Wildman–Crippen LogP) is 4.16. The van der Waals surface area contributed by atoms with Crippen molar-refractivity contribution in [1.29, 1.82) is 0 Å². The molecule has 7 nitrogen and oxygen atoms in total. The van der Waals surface area contributed by atoms with Crippen LogP contribution in [0.5, 0.6) is 0 Å². The third-order valence-corrected chi connectivity index (χ3v) is 7.55. The molecule has 2 amide bonds. The van der Waals surface area contributed by atoms with Crippen molar-refractivity contribution >= 4 is 18.0 Å². The average molecular weight is 463 g/mol. The minimum Gasteiger partial charge on any atom is -0.481 e. The fourth-order valence-electron chi connectivity index (χ4n) is 5.99. The number of carbonyl (C=O) groups is 3. The minimum atomic E-state index is -0.753. The number of hydrogen-bond acceptors (Lipinski definition) is 4. The number of nitrogens with zero attached hydrogens (tertiary/aromatic N) is 1. The summed E-state index contributed by atoms with van der Waals surface area (Å²) >= 11 is 0. The normalized spacial score (nSPS) is 22.7. The highest BCUT2D eigenvalue weighted by atomic mass is 16.5. The average Bonchev–Trinajstić information content (AvgIpc) is 3.30. The Hall–Kier alpha value is -3.35. The third-order valence-electron chi connectivity index (χ3n) is 7.55. The van der Waals surface area contributed by atoms with E-state index in [1.807, 2.05) is 29.2 Å². The second-order valence-electron chi connectivity index (χ2n) is 9.55. The monoisotopic (exact) mass is 462 g/mol. The Morgan fingerprint density at radius 2 is 1.53 bits per heavy atom. The van der Waals surface area contributed by atoms with E-state index in [4.69, 9.17) is 4.74 Å². The summed E-state index contributed by atoms with van der Waals surface area (Å²) in [5, 5.41) is 12.1. The molecule has 178 valence electrons. The number of ether oxygens (including phenoxy) is 1. The lowest BCUT2D eigenvalue weighted by Gasteiger charge is -2.37. The predicted molar refractivity (Wildman–Crippen MR) is 126 cm³/mol. The summed E-state index contributed by atoms with van der Waals surface area (Å²) in [5.74, 6) is -1.01. The van der Waals surface area contributed by atoms with Gasteiger partial charge in [0.15, 0.2) is 0 Å². The molecule has 2 aliphatic heterocycles. The molecule has 2 atom stereocenters. The van der Waals surface area contributed by atoms with E-state index >= 15 is 0 Å². The molecule has 1 aliphatic carbocycles. The quantitative estimate of drug-likeness (QED) is 0.603. The summed E-state index contributed by atoms with van der Waals surface area (Å²) in [6.07, 6.45) is 3.27. The van der Waals surface area contributed by atoms with Crippen LogP contribution in [0.2, 0.25) is 0 Å². The highest BCUT2D eigenvalue weighted by Crippen LogP contribution is 2.44. The standard InChI is InChI=1S/C27H30N2O5/c30-25(29-18-11-12-19(29)15-17(14-18)26(31)32)10-5-13-28-27(33)34-16-24-22-8-3-1-6-20(22)21-7-2-4-9-23(21)24/h1-4,6-9,17-19,24H,5,10-16H2,(H,28,33)(H,31,32). The van der Waals surface area contributed by atoms with Crippen molar-refractivity contribution in [3.05, 3.63) is 59.7 Å². The highest BCUT2D eigenvalue weighted by Gasteiger charge is 2.44. The van der Waals surface area contributed by atoms with Gasteiger partial charge in [-0.2, -0.15) is 0 Å². The van der Waals surface area contributed by atoms with Gasteiger partial charge in [-0.1, -0.05) is 48.5 Å². The highest BCUT2D eigenvalue weighted by molar-refractivity contribution is 5.79. The molecule has 2 unspecified atom stereocenters. The van der Waals surface area contributed by atoms with Gasteiger partial charge in [0.25, 0.3) is 0 Å². The van der Waals surface area contributed by atoms with Gasteiger partial charge in [0.1, 0.15) is 6.61 Å². The van der Waals surface area contributed by atoms with Crippen LogP contribution >= 0.6 is 0 Å². The number of carboxylic acids is 1. The van der Waals surface area contributed by atoms with E-state index < -0.39 is 12.1 Å². The number of benzene rings is 2. The van der Waals surface area contributed by atoms with Crippen LogP contribution < -0.4 is 5.32 Å². The van der Waals surface area contributed by atoms with Gasteiger partial charge in [-0.15, -0.1) is 0 Å². The number of nitrogens with one attached hydrogen (secondary N) is 1. The molecule has 7 heteroatoms. The van der Waals surface area contributed by atoms with E-state index in [-0.39, 0.29) is 36.4 Å². The van der Waals surface area contributed by atoms with Crippen molar-refractivity contribution in [3.8, 4) is 11.1 Å². The molecule has 0 radical (unpaired) electrons. The maximum Gasteiger partial charge on any atom is 0.407 e. The number of alkyl carbamates (subject to hydrolysis) is 1. The van der Waals surface area contributed by atoms with Crippen LogP contribution in [0, 0.1) is 5.92 Å². The maximum absolute atomic E-state index is 12.7. The number of amides is 2. The topological polar surface area (TPSA) is 95.9 Å². The molecule has 0 saturated carbocycles. The van der Waals surface area contributed by atoms with Crippen LogP contribution in [0.15, 0.2) is 48.5 Å². The zero-order valence-corrected chi connectivity index (χ0v) is 19.1. The molecule has 2 N–H and O–H groups in total. The molecular weight excluding hydrogens is 432 g/mol. The van der Waals surface area contributed by atoms with Crippen molar-refractivity contribution in [2.75, 3.05) is 13.2 Å². The summed E-state index contributed by atoms with van der Waals surface area (Å²) in [6.45, 7) is 0.629. The fraction of sp³-hybridized carbons (Fsp3) is 0.444. The zero-order valence-electron chi connectivity index (χ0n) is 19.1. The molecule has 3 aliphatic rings. The number of aliphatic carboxylic acids is 1. The number of piperidine rings is 1. The molecule has 2 fully saturated rings. The number of carbonyl (C=O) groups excluding carboxylic acids is 2. The molecule has 2 aromatic carbocycles. The first kappa shape index (κ1) is 22.4. The first-order valence-corrected chi connectivity index (χ1v) is 12.2. The fourth-order valence-corrected chi connectivity index (χ4v) is 5.99. The van der Waals surface area contributed by atoms with Crippen LogP contribution in [0.4, 0.5) is 4.79 Å². The van der Waals surface area contributed by atoms with Crippen molar-refractivity contribution in [3.63, 3.8) is 0 Å². The molecule has 34 heavy (non-hydrogen) atoms. The summed E-state index contributed by atoms with van der Waals surface area (Å²) in [7, 11) is 0. The molecule has 2 saturated heterocycles. The third kappa shape index (κ3) is 4.27. The lowest BCUT2D eigenvalue weighted by molar-refractivity contribution is -0.148. The molecule has 2 bridgehead atoms. The van der Waals surface area contributed by atoms with Gasteiger partial charge in [-0.25, -0.2) is 4.79 Å². The second-order valence-corrected chi connectivity index (χ2v) is 9.55. The summed E-state index contributed by atoms with van der Waals surface area (Å²) < 4.78 is 5.54. The largest absolute Gasteiger partial charge is 0.481 e. The Balaban J connectivity index is 1.07. The van der Waals surface area contributed by atoms with E-state index in [0.717, 1.165) is 12.8 Å². The van der Waals surface area contributed by atoms with E-state index in [0.29, 0.717) is 32.2 Å². The number of fused-ring (bicyclic) bond motifs is 5. The van der Waals surface area contributed by atoms with Gasteiger partial charge in [0, 0.05) is 31.0 Å². The van der Waals surface area contributed by atoms with Crippen LogP contribution in [0.3, 0.4) is 0 Å². The van der Waals surface area contributed by atoms with E-state index in [9.17, 15) is 19.5 Å². The van der Waals surface area contributed by atoms with Gasteiger partial charge in [-0.3, -0.25) is 9.59 Å². The molecule has 2 heterocycles. The number of hydrogen-bond donors (Lipinski definition) is 2. The van der Waals surface area contributed by atoms with Gasteiger partial charge < -0.3 is 20.1 Å². The lowest BCUT2D eigenvalue weighted by atomic mass is 9.90. The van der Waals surface area contributed by atoms with Gasteiger partial charge >= 0.3 is 12.1 Å². The van der Waals surface area contributed by atoms with Gasteiger partial charge in [0.05, 0.1) is 5.92 Å². The molecular formula is C27H30N2O5. The summed E-state index contributed by atoms with van der Waals surface area (Å²) in [6, 6.07) is 16.5. The van der Waals surface area contributed by atoms with Gasteiger partial charge in [-0.05, 0) is 54.4 Å². The first-order chi connectivity index (χ1) is 16.5. The van der Waals surface area contributed by atoms with Crippen molar-refractivity contribution in [2.45, 2.75) is 56.5 Å². The van der Waals surface area contributed by atoms with Crippen molar-refractivity contribution < 1.29 is 24.2 Å². The summed E-state index contributed by atoms with van der Waals surface area (Å²) in [4.78, 5) is 38.3. The number of carboxylic acid groups (broad SMARTS) is 1. The Labute approximate surface area is 199 Å². The Morgan fingerprint density at radius 3 is 2.12 bits per heavy atom. The molecule has 0 aromatic heterocycles. The molecule has 5 rings (SSSR count). The van der Waals surface area contributed by atoms with Crippen LogP contribution in [-0.2, 0) is 14.3 Å². The SMILES string of the molecule is O=C(NCCCC(=O)N1C2CCC1CC(C(=O)O)C2)OCC1c2ccccc2-c2ccccc21. The van der Waals surface area contributed by atoms with E-state index in [2.05, 4.69) is 29.6 Å². The van der Waals surface area contributed by atoms with Crippen molar-refractivity contribution in [1.82, 2.24) is 10.2 Å². The van der Waals surface area contributed by atoms with Crippen LogP contribution in [-0.4, -0.2) is 53.2 Å². The minimum absolute atomic E-state index is 0.0175. The van der Waals surface area contributed by atoms with Crippen molar-refractivity contribution in [2.24, 2.45) is 5.92 Å². The van der Waals surface area contributed by atoms with Gasteiger partial charge in [0.2, 0.25) is 5.91 Å². The zero-order chi connectivity index (χ0) is 23.7. The van der Waals surface area contributed by atoms with Crippen LogP contribution in [0.25, 0.3) is 11.1 Å². The summed E-state index contributed by atoms with van der Waals surface area (Å²) in [5.41, 5.74) is 4.71. The Kier molecular flexibility index (Phi) is 6.26. The van der Waals surface area contributed by atoms with E-state index in [1.165, 1.54) is 22.3 Å². The first-order valence-electron chi connectivity index (χ1n) is 12.2. The molecule has 0 spiro atoms. The Morgan fingerprint density at radius 1 is 0.941 bits per heavy atom. The second kappa shape index (κ2) is 9.49. The van der Waals surface area contributed by atoms with Crippen LogP contribution in [0.1, 0.15) is 55.6 Å².